The summed E-state index contributed by atoms with van der Waals surface area (Å²) in [5.74, 6) is 0.628. The van der Waals surface area contributed by atoms with Crippen molar-refractivity contribution in [2.45, 2.75) is 10.9 Å². The molecule has 3 rings (SSSR count). The Labute approximate surface area is 139 Å². The molecule has 1 aromatic carbocycles. The van der Waals surface area contributed by atoms with Crippen LogP contribution < -0.4 is 11.1 Å². The summed E-state index contributed by atoms with van der Waals surface area (Å²) < 4.78 is 2.24. The second-order valence-electron chi connectivity index (χ2n) is 4.31. The van der Waals surface area contributed by atoms with Crippen LogP contribution in [0.4, 0.5) is 5.13 Å². The standard InChI is InChI=1S/C12H12N8OS2/c13-11-16-17-12(23-11)22-7-10(21)14-6-9-15-18-19-20(9)8-4-2-1-3-5-8/h1-5H,6-7H2,(H2,13,16)(H,14,21). The number of hydrogen-bond acceptors (Lipinski definition) is 9. The lowest BCUT2D eigenvalue weighted by atomic mass is 10.3. The Morgan fingerprint density at radius 3 is 2.83 bits per heavy atom. The van der Waals surface area contributed by atoms with Crippen LogP contribution in [0.3, 0.4) is 0 Å². The van der Waals surface area contributed by atoms with E-state index in [2.05, 4.69) is 31.0 Å². The molecule has 0 aliphatic heterocycles. The van der Waals surface area contributed by atoms with Gasteiger partial charge in [-0.2, -0.15) is 4.68 Å². The minimum absolute atomic E-state index is 0.147. The van der Waals surface area contributed by atoms with Crippen molar-refractivity contribution in [2.75, 3.05) is 11.5 Å². The van der Waals surface area contributed by atoms with Crippen molar-refractivity contribution in [1.29, 1.82) is 0 Å². The molecular weight excluding hydrogens is 336 g/mol. The normalized spacial score (nSPS) is 10.6. The third kappa shape index (κ3) is 4.02. The Morgan fingerprint density at radius 2 is 2.09 bits per heavy atom. The first-order chi connectivity index (χ1) is 11.2. The lowest BCUT2D eigenvalue weighted by Gasteiger charge is -2.05. The van der Waals surface area contributed by atoms with Gasteiger partial charge in [0.05, 0.1) is 18.0 Å². The lowest BCUT2D eigenvalue weighted by molar-refractivity contribution is -0.118. The molecule has 0 atom stereocenters. The van der Waals surface area contributed by atoms with Gasteiger partial charge in [0.15, 0.2) is 10.2 Å². The number of nitrogen functional groups attached to an aromatic ring is 1. The summed E-state index contributed by atoms with van der Waals surface area (Å²) in [5, 5.41) is 22.2. The first-order valence-corrected chi connectivity index (χ1v) is 8.34. The summed E-state index contributed by atoms with van der Waals surface area (Å²) in [6.07, 6.45) is 0. The maximum absolute atomic E-state index is 11.9. The van der Waals surface area contributed by atoms with Gasteiger partial charge in [0.2, 0.25) is 11.0 Å². The largest absolute Gasteiger partial charge is 0.374 e. The van der Waals surface area contributed by atoms with Gasteiger partial charge in [-0.15, -0.1) is 15.3 Å². The number of nitrogens with two attached hydrogens (primary N) is 1. The average molecular weight is 348 g/mol. The smallest absolute Gasteiger partial charge is 0.230 e. The van der Waals surface area contributed by atoms with Crippen molar-refractivity contribution >= 4 is 34.1 Å². The van der Waals surface area contributed by atoms with E-state index in [0.29, 0.717) is 15.3 Å². The summed E-state index contributed by atoms with van der Waals surface area (Å²) in [6, 6.07) is 9.47. The van der Waals surface area contributed by atoms with Gasteiger partial charge in [-0.3, -0.25) is 4.79 Å². The molecule has 11 heteroatoms. The van der Waals surface area contributed by atoms with E-state index in [4.69, 9.17) is 5.73 Å². The van der Waals surface area contributed by atoms with Crippen molar-refractivity contribution in [3.63, 3.8) is 0 Å². The third-order valence-electron chi connectivity index (χ3n) is 2.73. The molecule has 0 radical (unpaired) electrons. The molecule has 2 heterocycles. The Morgan fingerprint density at radius 1 is 1.26 bits per heavy atom. The van der Waals surface area contributed by atoms with Crippen LogP contribution in [-0.2, 0) is 11.3 Å². The highest BCUT2D eigenvalue weighted by Crippen LogP contribution is 2.22. The number of thioether (sulfide) groups is 1. The summed E-state index contributed by atoms with van der Waals surface area (Å²) in [6.45, 7) is 0.236. The van der Waals surface area contributed by atoms with Crippen LogP contribution in [0.1, 0.15) is 5.82 Å². The van der Waals surface area contributed by atoms with Crippen molar-refractivity contribution in [2.24, 2.45) is 0 Å². The van der Waals surface area contributed by atoms with E-state index in [-0.39, 0.29) is 18.2 Å². The number of tetrazole rings is 1. The second-order valence-corrected chi connectivity index (χ2v) is 6.55. The molecule has 0 saturated carbocycles. The second kappa shape index (κ2) is 7.15. The summed E-state index contributed by atoms with van der Waals surface area (Å²) >= 11 is 2.53. The highest BCUT2D eigenvalue weighted by atomic mass is 32.2. The van der Waals surface area contributed by atoms with Crippen molar-refractivity contribution in [1.82, 2.24) is 35.7 Å². The number of benzene rings is 1. The molecule has 2 aromatic heterocycles. The summed E-state index contributed by atoms with van der Waals surface area (Å²) in [7, 11) is 0. The average Bonchev–Trinajstić information content (AvgIpc) is 3.20. The maximum atomic E-state index is 11.9. The molecule has 0 fully saturated rings. The number of aromatic nitrogens is 6. The van der Waals surface area contributed by atoms with Gasteiger partial charge in [0.1, 0.15) is 0 Å². The highest BCUT2D eigenvalue weighted by Gasteiger charge is 2.11. The lowest BCUT2D eigenvalue weighted by Crippen LogP contribution is -2.26. The SMILES string of the molecule is Nc1nnc(SCC(=O)NCc2nnnn2-c2ccccc2)s1. The number of anilines is 1. The van der Waals surface area contributed by atoms with E-state index in [1.54, 1.807) is 4.68 Å². The van der Waals surface area contributed by atoms with Crippen LogP contribution in [0.5, 0.6) is 0 Å². The number of carbonyl (C=O) groups excluding carboxylic acids is 1. The van der Waals surface area contributed by atoms with E-state index in [1.165, 1.54) is 23.1 Å². The van der Waals surface area contributed by atoms with Gasteiger partial charge in [-0.05, 0) is 22.6 Å². The van der Waals surface area contributed by atoms with Crippen molar-refractivity contribution in [3.8, 4) is 5.69 Å². The van der Waals surface area contributed by atoms with Gasteiger partial charge in [0.25, 0.3) is 0 Å². The van der Waals surface area contributed by atoms with E-state index in [9.17, 15) is 4.79 Å². The molecule has 0 aliphatic rings. The van der Waals surface area contributed by atoms with Crippen LogP contribution >= 0.6 is 23.1 Å². The topological polar surface area (TPSA) is 124 Å². The molecule has 1 amide bonds. The van der Waals surface area contributed by atoms with Crippen molar-refractivity contribution in [3.05, 3.63) is 36.2 Å². The maximum Gasteiger partial charge on any atom is 0.230 e. The zero-order valence-corrected chi connectivity index (χ0v) is 13.4. The summed E-state index contributed by atoms with van der Waals surface area (Å²) in [4.78, 5) is 11.9. The van der Waals surface area contributed by atoms with Crippen LogP contribution in [0.25, 0.3) is 5.69 Å². The molecule has 3 N–H and O–H groups in total. The Kier molecular flexibility index (Phi) is 4.78. The minimum atomic E-state index is -0.147. The fourth-order valence-corrected chi connectivity index (χ4v) is 3.19. The van der Waals surface area contributed by atoms with Gasteiger partial charge >= 0.3 is 0 Å². The number of nitrogens with one attached hydrogen (secondary N) is 1. The van der Waals surface area contributed by atoms with Crippen LogP contribution in [0.2, 0.25) is 0 Å². The molecular formula is C12H12N8OS2. The van der Waals surface area contributed by atoms with Gasteiger partial charge < -0.3 is 11.1 Å². The molecule has 0 unspecified atom stereocenters. The third-order valence-corrected chi connectivity index (χ3v) is 4.61. The molecule has 0 bridgehead atoms. The summed E-state index contributed by atoms with van der Waals surface area (Å²) in [5.41, 5.74) is 6.32. The number of amides is 1. The molecule has 0 spiro atoms. The molecule has 23 heavy (non-hydrogen) atoms. The highest BCUT2D eigenvalue weighted by molar-refractivity contribution is 8.01. The van der Waals surface area contributed by atoms with E-state index in [1.807, 2.05) is 30.3 Å². The van der Waals surface area contributed by atoms with Gasteiger partial charge in [-0.1, -0.05) is 41.3 Å². The van der Waals surface area contributed by atoms with Gasteiger partial charge in [-0.25, -0.2) is 0 Å². The molecule has 9 nitrogen and oxygen atoms in total. The quantitative estimate of drug-likeness (QED) is 0.617. The number of nitrogens with zero attached hydrogens (tertiary/aromatic N) is 6. The van der Waals surface area contributed by atoms with Crippen molar-refractivity contribution < 1.29 is 4.79 Å². The van der Waals surface area contributed by atoms with E-state index >= 15 is 0 Å². The number of hydrogen-bond donors (Lipinski definition) is 2. The fourth-order valence-electron chi connectivity index (χ4n) is 1.72. The predicted molar refractivity (Wildman–Crippen MR) is 86.0 cm³/mol. The zero-order valence-electron chi connectivity index (χ0n) is 11.8. The molecule has 3 aromatic rings. The minimum Gasteiger partial charge on any atom is -0.374 e. The Hall–Kier alpha value is -2.53. The van der Waals surface area contributed by atoms with Gasteiger partial charge in [0, 0.05) is 0 Å². The monoisotopic (exact) mass is 348 g/mol. The predicted octanol–water partition coefficient (Wildman–Crippen LogP) is 0.504. The first-order valence-electron chi connectivity index (χ1n) is 6.53. The van der Waals surface area contributed by atoms with E-state index < -0.39 is 0 Å². The van der Waals surface area contributed by atoms with E-state index in [0.717, 1.165) is 5.69 Å². The number of para-hydroxylation sites is 1. The zero-order chi connectivity index (χ0) is 16.1. The van der Waals surface area contributed by atoms with Crippen LogP contribution in [-0.4, -0.2) is 42.1 Å². The Balaban J connectivity index is 1.54. The van der Waals surface area contributed by atoms with Crippen LogP contribution in [0, 0.1) is 0 Å². The molecule has 118 valence electrons. The number of carbonyl (C=O) groups is 1. The molecule has 0 aliphatic carbocycles. The first kappa shape index (κ1) is 15.4. The molecule has 0 saturated heterocycles. The number of rotatable bonds is 6. The Bertz CT molecular complexity index is 787. The van der Waals surface area contributed by atoms with Crippen LogP contribution in [0.15, 0.2) is 34.7 Å². The fraction of sp³-hybridized carbons (Fsp3) is 0.167.